The molecule has 0 amide bonds. The molecule has 0 aliphatic rings. The summed E-state index contributed by atoms with van der Waals surface area (Å²) < 4.78 is 27.4. The van der Waals surface area contributed by atoms with Crippen LogP contribution in [0.1, 0.15) is 5.56 Å². The first-order valence-electron chi connectivity index (χ1n) is 6.88. The summed E-state index contributed by atoms with van der Waals surface area (Å²) in [6.45, 7) is 1.90. The molecule has 3 aromatic rings. The van der Waals surface area contributed by atoms with Gasteiger partial charge in [0.15, 0.2) is 0 Å². The van der Waals surface area contributed by atoms with E-state index in [1.807, 2.05) is 6.92 Å². The first kappa shape index (κ1) is 15.2. The van der Waals surface area contributed by atoms with Crippen LogP contribution in [-0.4, -0.2) is 28.6 Å². The highest BCUT2D eigenvalue weighted by Gasteiger charge is 2.14. The van der Waals surface area contributed by atoms with E-state index >= 15 is 0 Å². The first-order chi connectivity index (χ1) is 10.9. The zero-order valence-electron chi connectivity index (χ0n) is 12.6. The first-order valence-corrected chi connectivity index (χ1v) is 8.36. The van der Waals surface area contributed by atoms with Crippen LogP contribution >= 0.6 is 0 Å². The Balaban J connectivity index is 1.89. The monoisotopic (exact) mass is 329 g/mol. The average Bonchev–Trinajstić information content (AvgIpc) is 2.94. The maximum atomic E-state index is 12.4. The summed E-state index contributed by atoms with van der Waals surface area (Å²) in [5.74, 6) is 0.434. The number of nitrogens with zero attached hydrogens (tertiary/aromatic N) is 4. The van der Waals surface area contributed by atoms with E-state index in [0.29, 0.717) is 17.1 Å². The quantitative estimate of drug-likeness (QED) is 0.790. The summed E-state index contributed by atoms with van der Waals surface area (Å²) in [7, 11) is -1.97. The average molecular weight is 329 g/mol. The van der Waals surface area contributed by atoms with Crippen LogP contribution in [-0.2, 0) is 17.1 Å². The van der Waals surface area contributed by atoms with Crippen LogP contribution in [0.5, 0.6) is 0 Å². The van der Waals surface area contributed by atoms with E-state index in [0.717, 1.165) is 5.56 Å². The second kappa shape index (κ2) is 5.81. The van der Waals surface area contributed by atoms with Crippen LogP contribution < -0.4 is 4.72 Å². The van der Waals surface area contributed by atoms with Crippen molar-refractivity contribution in [3.05, 3.63) is 54.1 Å². The van der Waals surface area contributed by atoms with Gasteiger partial charge in [-0.1, -0.05) is 29.8 Å². The highest BCUT2D eigenvalue weighted by atomic mass is 32.2. The molecule has 0 radical (unpaired) electrons. The number of rotatable bonds is 4. The maximum Gasteiger partial charge on any atom is 0.261 e. The molecular formula is C15H15N5O2S. The van der Waals surface area contributed by atoms with Gasteiger partial charge in [-0.15, -0.1) is 10.2 Å². The topological polar surface area (TPSA) is 89.8 Å². The number of hydrogen-bond acceptors (Lipinski definition) is 5. The van der Waals surface area contributed by atoms with Gasteiger partial charge in [0.1, 0.15) is 0 Å². The molecule has 0 aliphatic carbocycles. The molecule has 0 unspecified atom stereocenters. The third-order valence-corrected chi connectivity index (χ3v) is 4.61. The normalized spacial score (nSPS) is 11.4. The minimum Gasteiger partial charge on any atom is -0.280 e. The second-order valence-electron chi connectivity index (χ2n) is 5.10. The van der Waals surface area contributed by atoms with Crippen molar-refractivity contribution in [1.82, 2.24) is 20.2 Å². The van der Waals surface area contributed by atoms with E-state index in [9.17, 15) is 8.42 Å². The molecule has 23 heavy (non-hydrogen) atoms. The predicted octanol–water partition coefficient (Wildman–Crippen LogP) is 1.99. The van der Waals surface area contributed by atoms with E-state index < -0.39 is 10.0 Å². The van der Waals surface area contributed by atoms with Gasteiger partial charge in [0.25, 0.3) is 10.0 Å². The minimum atomic E-state index is -3.64. The third-order valence-electron chi connectivity index (χ3n) is 3.21. The number of aryl methyl sites for hydroxylation is 2. The number of benzene rings is 2. The third kappa shape index (κ3) is 3.37. The number of aromatic nitrogens is 4. The van der Waals surface area contributed by atoms with Crippen molar-refractivity contribution < 1.29 is 8.42 Å². The Morgan fingerprint density at radius 2 is 1.83 bits per heavy atom. The Hall–Kier alpha value is -2.74. The number of hydrogen-bond donors (Lipinski definition) is 1. The van der Waals surface area contributed by atoms with Crippen molar-refractivity contribution in [3.8, 4) is 11.4 Å². The highest BCUT2D eigenvalue weighted by molar-refractivity contribution is 7.92. The van der Waals surface area contributed by atoms with Crippen molar-refractivity contribution in [1.29, 1.82) is 0 Å². The molecule has 0 spiro atoms. The second-order valence-corrected chi connectivity index (χ2v) is 6.78. The van der Waals surface area contributed by atoms with Gasteiger partial charge in [-0.25, -0.2) is 8.42 Å². The molecule has 118 valence electrons. The van der Waals surface area contributed by atoms with Gasteiger partial charge < -0.3 is 0 Å². The van der Waals surface area contributed by atoms with Gasteiger partial charge in [0.05, 0.1) is 11.9 Å². The minimum absolute atomic E-state index is 0.214. The van der Waals surface area contributed by atoms with Crippen LogP contribution in [0.4, 0.5) is 5.69 Å². The van der Waals surface area contributed by atoms with E-state index in [2.05, 4.69) is 20.1 Å². The standard InChI is InChI=1S/C15H15N5O2S/c1-11-6-8-14(9-7-11)23(21,22)18-13-5-3-4-12(10-13)15-16-19-20(2)17-15/h3-10,18H,1-2H3. The van der Waals surface area contributed by atoms with E-state index in [-0.39, 0.29) is 4.90 Å². The fraction of sp³-hybridized carbons (Fsp3) is 0.133. The van der Waals surface area contributed by atoms with Crippen LogP contribution in [0.2, 0.25) is 0 Å². The molecule has 1 N–H and O–H groups in total. The van der Waals surface area contributed by atoms with Crippen molar-refractivity contribution in [3.63, 3.8) is 0 Å². The number of anilines is 1. The molecule has 0 saturated carbocycles. The molecule has 8 heteroatoms. The molecule has 3 rings (SSSR count). The Bertz CT molecular complexity index is 933. The van der Waals surface area contributed by atoms with Crippen LogP contribution in [0.15, 0.2) is 53.4 Å². The maximum absolute atomic E-state index is 12.4. The molecule has 0 atom stereocenters. The van der Waals surface area contributed by atoms with Gasteiger partial charge in [-0.05, 0) is 36.4 Å². The van der Waals surface area contributed by atoms with E-state index in [1.165, 1.54) is 4.80 Å². The zero-order chi connectivity index (χ0) is 16.4. The van der Waals surface area contributed by atoms with Gasteiger partial charge in [0.2, 0.25) is 5.82 Å². The Kier molecular flexibility index (Phi) is 3.83. The molecule has 1 heterocycles. The summed E-state index contributed by atoms with van der Waals surface area (Å²) in [5.41, 5.74) is 2.12. The fourth-order valence-corrected chi connectivity index (χ4v) is 3.10. The molecule has 7 nitrogen and oxygen atoms in total. The van der Waals surface area contributed by atoms with Crippen molar-refractivity contribution in [2.24, 2.45) is 7.05 Å². The summed E-state index contributed by atoms with van der Waals surface area (Å²) in [6, 6.07) is 13.5. The van der Waals surface area contributed by atoms with Crippen molar-refractivity contribution in [2.75, 3.05) is 4.72 Å². The summed E-state index contributed by atoms with van der Waals surface area (Å²) in [4.78, 5) is 1.56. The SMILES string of the molecule is Cc1ccc(S(=O)(=O)Nc2cccc(-c3nnn(C)n3)c2)cc1. The Labute approximate surface area is 134 Å². The smallest absolute Gasteiger partial charge is 0.261 e. The van der Waals surface area contributed by atoms with Crippen LogP contribution in [0, 0.1) is 6.92 Å². The highest BCUT2D eigenvalue weighted by Crippen LogP contribution is 2.21. The summed E-state index contributed by atoms with van der Waals surface area (Å²) in [5, 5.41) is 11.8. The molecule has 0 fully saturated rings. The lowest BCUT2D eigenvalue weighted by atomic mass is 10.2. The largest absolute Gasteiger partial charge is 0.280 e. The van der Waals surface area contributed by atoms with E-state index in [4.69, 9.17) is 0 Å². The van der Waals surface area contributed by atoms with E-state index in [1.54, 1.807) is 55.6 Å². The van der Waals surface area contributed by atoms with Gasteiger partial charge in [-0.2, -0.15) is 4.80 Å². The van der Waals surface area contributed by atoms with Gasteiger partial charge in [0, 0.05) is 11.3 Å². The fourth-order valence-electron chi connectivity index (χ4n) is 2.05. The molecule has 0 saturated heterocycles. The van der Waals surface area contributed by atoms with Gasteiger partial charge in [-0.3, -0.25) is 4.72 Å². The van der Waals surface area contributed by atoms with Crippen LogP contribution in [0.25, 0.3) is 11.4 Å². The number of nitrogens with one attached hydrogen (secondary N) is 1. The molecule has 2 aromatic carbocycles. The van der Waals surface area contributed by atoms with Crippen molar-refractivity contribution in [2.45, 2.75) is 11.8 Å². The summed E-state index contributed by atoms with van der Waals surface area (Å²) >= 11 is 0. The summed E-state index contributed by atoms with van der Waals surface area (Å²) in [6.07, 6.45) is 0. The Morgan fingerprint density at radius 1 is 1.09 bits per heavy atom. The molecule has 1 aromatic heterocycles. The molecule has 0 aliphatic heterocycles. The zero-order valence-corrected chi connectivity index (χ0v) is 13.4. The van der Waals surface area contributed by atoms with Crippen LogP contribution in [0.3, 0.4) is 0 Å². The molecular weight excluding hydrogens is 314 g/mol. The van der Waals surface area contributed by atoms with Gasteiger partial charge >= 0.3 is 0 Å². The Morgan fingerprint density at radius 3 is 2.48 bits per heavy atom. The number of tetrazole rings is 1. The lowest BCUT2D eigenvalue weighted by Gasteiger charge is -2.09. The molecule has 0 bridgehead atoms. The lowest BCUT2D eigenvalue weighted by molar-refractivity contribution is 0.601. The predicted molar refractivity (Wildman–Crippen MR) is 86.2 cm³/mol. The number of sulfonamides is 1. The lowest BCUT2D eigenvalue weighted by Crippen LogP contribution is -2.12. The van der Waals surface area contributed by atoms with Crippen molar-refractivity contribution >= 4 is 15.7 Å².